The van der Waals surface area contributed by atoms with Crippen LogP contribution in [0.2, 0.25) is 5.15 Å². The minimum absolute atomic E-state index is 0.0240. The molecule has 10 nitrogen and oxygen atoms in total. The average molecular weight is 672 g/mol. The third-order valence-electron chi connectivity index (χ3n) is 9.82. The van der Waals surface area contributed by atoms with E-state index in [2.05, 4.69) is 35.1 Å². The standard InChI is InChI=1S/C35H32ClF2N7O3/c36-31-29(43-33(44-31)25-14-35(37,38)17-40-25)21-7-3-19(4-8-21)18-1-5-20(6-2-18)26-15-39-32(41-26)23-13-27(46)28-24(42-34(47)48)10-9-22-11-12-45(16-23)30(22)28/h1-8,11-12,15,23-25,28,40,42H,9-10,13-14,16-17H2,(H,39,41)(H,43,44)(H,47,48)/t23-,24-,25-,28?/m0/s1. The Bertz CT molecular complexity index is 2020. The molecule has 1 amide bonds. The number of carbonyl (C=O) groups excluding carboxylic acids is 1. The van der Waals surface area contributed by atoms with Crippen LogP contribution in [-0.4, -0.2) is 60.0 Å². The van der Waals surface area contributed by atoms with Crippen molar-refractivity contribution in [2.45, 2.75) is 62.1 Å². The van der Waals surface area contributed by atoms with E-state index in [4.69, 9.17) is 11.6 Å². The van der Waals surface area contributed by atoms with E-state index in [9.17, 15) is 23.5 Å². The highest BCUT2D eigenvalue weighted by Crippen LogP contribution is 2.40. The maximum Gasteiger partial charge on any atom is 0.404 e. The van der Waals surface area contributed by atoms with Crippen molar-refractivity contribution >= 4 is 23.5 Å². The minimum atomic E-state index is -2.77. The summed E-state index contributed by atoms with van der Waals surface area (Å²) in [6.45, 7) is 0.200. The zero-order chi connectivity index (χ0) is 33.2. The number of benzene rings is 2. The van der Waals surface area contributed by atoms with Crippen LogP contribution >= 0.6 is 11.6 Å². The third kappa shape index (κ3) is 5.58. The Labute approximate surface area is 279 Å². The molecule has 1 unspecified atom stereocenters. The predicted octanol–water partition coefficient (Wildman–Crippen LogP) is 6.68. The highest BCUT2D eigenvalue weighted by atomic mass is 35.5. The molecule has 1 aliphatic carbocycles. The van der Waals surface area contributed by atoms with Gasteiger partial charge in [-0.2, -0.15) is 0 Å². The average Bonchev–Trinajstić information content (AvgIpc) is 3.86. The second-order valence-electron chi connectivity index (χ2n) is 12.9. The molecule has 1 saturated heterocycles. The molecule has 0 bridgehead atoms. The predicted molar refractivity (Wildman–Crippen MR) is 175 cm³/mol. The van der Waals surface area contributed by atoms with E-state index in [1.165, 1.54) is 0 Å². The van der Waals surface area contributed by atoms with E-state index in [-0.39, 0.29) is 31.1 Å². The molecule has 2 aliphatic heterocycles. The first kappa shape index (κ1) is 30.5. The SMILES string of the molecule is O=C(O)N[C@H]1CCc2ccn3c2C1C(=O)C[C@H](c1ncc(-c2ccc(-c4ccc(-c5nc([C@@H]6CC(F)(F)CN6)[nH]c5Cl)cc4)cc2)[nH]1)C3. The minimum Gasteiger partial charge on any atom is -0.465 e. The summed E-state index contributed by atoms with van der Waals surface area (Å²) in [5, 5.41) is 15.1. The first-order valence-electron chi connectivity index (χ1n) is 15.9. The lowest BCUT2D eigenvalue weighted by molar-refractivity contribution is -0.121. The van der Waals surface area contributed by atoms with Gasteiger partial charge in [-0.3, -0.25) is 4.79 Å². The van der Waals surface area contributed by atoms with Crippen molar-refractivity contribution in [2.24, 2.45) is 0 Å². The number of alkyl halides is 2. The van der Waals surface area contributed by atoms with Crippen LogP contribution in [0.5, 0.6) is 0 Å². The van der Waals surface area contributed by atoms with Crippen LogP contribution in [0.25, 0.3) is 33.6 Å². The molecule has 5 heterocycles. The number of carboxylic acid groups (broad SMARTS) is 1. The van der Waals surface area contributed by atoms with Crippen molar-refractivity contribution in [1.82, 2.24) is 35.1 Å². The lowest BCUT2D eigenvalue weighted by Crippen LogP contribution is -2.44. The van der Waals surface area contributed by atoms with Gasteiger partial charge < -0.3 is 30.3 Å². The molecule has 13 heteroatoms. The van der Waals surface area contributed by atoms with E-state index in [1.54, 1.807) is 6.20 Å². The summed E-state index contributed by atoms with van der Waals surface area (Å²) in [4.78, 5) is 40.6. The number of Topliss-reactive ketones (excluding diaryl/α,β-unsaturated/α-hetero) is 1. The Balaban J connectivity index is 0.973. The summed E-state index contributed by atoms with van der Waals surface area (Å²) in [6.07, 6.45) is 3.94. The summed E-state index contributed by atoms with van der Waals surface area (Å²) in [5.74, 6) is -2.29. The first-order valence-corrected chi connectivity index (χ1v) is 16.3. The van der Waals surface area contributed by atoms with Crippen LogP contribution in [-0.2, 0) is 17.8 Å². The number of aryl methyl sites for hydroxylation is 1. The number of nitrogens with one attached hydrogen (secondary N) is 4. The molecule has 0 radical (unpaired) electrons. The van der Waals surface area contributed by atoms with Crippen molar-refractivity contribution in [3.8, 4) is 33.6 Å². The second kappa shape index (κ2) is 11.7. The number of hydrogen-bond acceptors (Lipinski definition) is 5. The Morgan fingerprint density at radius 2 is 1.71 bits per heavy atom. The fourth-order valence-electron chi connectivity index (χ4n) is 7.48. The maximum atomic E-state index is 13.7. The van der Waals surface area contributed by atoms with E-state index in [1.807, 2.05) is 60.8 Å². The molecule has 5 N–H and O–H groups in total. The second-order valence-corrected chi connectivity index (χ2v) is 13.3. The molecular weight excluding hydrogens is 640 g/mol. The van der Waals surface area contributed by atoms with Crippen LogP contribution < -0.4 is 10.6 Å². The van der Waals surface area contributed by atoms with Crippen LogP contribution in [0, 0.1) is 0 Å². The number of ketones is 1. The summed E-state index contributed by atoms with van der Waals surface area (Å²) in [5.41, 5.74) is 7.10. The van der Waals surface area contributed by atoms with Crippen molar-refractivity contribution in [3.05, 3.63) is 95.1 Å². The van der Waals surface area contributed by atoms with Gasteiger partial charge in [-0.25, -0.2) is 23.5 Å². The molecule has 5 aromatic rings. The van der Waals surface area contributed by atoms with Gasteiger partial charge in [-0.15, -0.1) is 0 Å². The maximum absolute atomic E-state index is 13.7. The van der Waals surface area contributed by atoms with E-state index in [0.717, 1.165) is 51.5 Å². The summed E-state index contributed by atoms with van der Waals surface area (Å²) >= 11 is 6.41. The van der Waals surface area contributed by atoms with Gasteiger partial charge in [-0.05, 0) is 41.2 Å². The van der Waals surface area contributed by atoms with Gasteiger partial charge in [0.15, 0.2) is 0 Å². The van der Waals surface area contributed by atoms with Crippen molar-refractivity contribution in [1.29, 1.82) is 0 Å². The fraction of sp³-hybridized carbons (Fsp3) is 0.314. The third-order valence-corrected chi connectivity index (χ3v) is 10.1. The smallest absolute Gasteiger partial charge is 0.404 e. The number of aromatic nitrogens is 5. The van der Waals surface area contributed by atoms with Crippen molar-refractivity contribution in [2.75, 3.05) is 6.54 Å². The fourth-order valence-corrected chi connectivity index (χ4v) is 7.73. The van der Waals surface area contributed by atoms with Gasteiger partial charge in [0.2, 0.25) is 0 Å². The topological polar surface area (TPSA) is 141 Å². The number of aromatic amines is 2. The van der Waals surface area contributed by atoms with Crippen molar-refractivity contribution in [3.63, 3.8) is 0 Å². The Morgan fingerprint density at radius 3 is 2.40 bits per heavy atom. The molecule has 0 saturated carbocycles. The number of rotatable bonds is 6. The summed E-state index contributed by atoms with van der Waals surface area (Å²) in [6, 6.07) is 16.8. The molecule has 2 aromatic carbocycles. The lowest BCUT2D eigenvalue weighted by atomic mass is 9.79. The number of carbonyl (C=O) groups is 2. The lowest BCUT2D eigenvalue weighted by Gasteiger charge is -2.31. The summed E-state index contributed by atoms with van der Waals surface area (Å²) < 4.78 is 29.5. The number of imidazole rings is 2. The molecule has 48 heavy (non-hydrogen) atoms. The highest BCUT2D eigenvalue weighted by molar-refractivity contribution is 6.31. The van der Waals surface area contributed by atoms with Crippen LogP contribution in [0.1, 0.15) is 60.0 Å². The molecule has 4 atom stereocenters. The number of hydrogen-bond donors (Lipinski definition) is 5. The number of halogens is 3. The van der Waals surface area contributed by atoms with Crippen LogP contribution in [0.15, 0.2) is 67.0 Å². The zero-order valence-electron chi connectivity index (χ0n) is 25.6. The molecule has 246 valence electrons. The van der Waals surface area contributed by atoms with Gasteiger partial charge in [0, 0.05) is 48.8 Å². The highest BCUT2D eigenvalue weighted by Gasteiger charge is 2.42. The number of H-pyrrole nitrogens is 2. The molecule has 0 spiro atoms. The zero-order valence-corrected chi connectivity index (χ0v) is 26.4. The number of amides is 1. The van der Waals surface area contributed by atoms with Gasteiger partial charge >= 0.3 is 6.09 Å². The molecule has 3 aromatic heterocycles. The van der Waals surface area contributed by atoms with E-state index < -0.39 is 30.0 Å². The van der Waals surface area contributed by atoms with Gasteiger partial charge in [0.25, 0.3) is 5.92 Å². The molecule has 3 aliphatic rings. The monoisotopic (exact) mass is 671 g/mol. The van der Waals surface area contributed by atoms with Crippen molar-refractivity contribution < 1.29 is 23.5 Å². The Kier molecular flexibility index (Phi) is 7.44. The Morgan fingerprint density at radius 1 is 1.00 bits per heavy atom. The first-order chi connectivity index (χ1) is 23.1. The number of nitrogens with zero attached hydrogens (tertiary/aromatic N) is 3. The van der Waals surface area contributed by atoms with Gasteiger partial charge in [-0.1, -0.05) is 60.1 Å². The van der Waals surface area contributed by atoms with Crippen LogP contribution in [0.4, 0.5) is 13.6 Å². The Hall–Kier alpha value is -4.81. The summed E-state index contributed by atoms with van der Waals surface area (Å²) in [7, 11) is 0. The van der Waals surface area contributed by atoms with Gasteiger partial charge in [0.1, 0.15) is 28.3 Å². The quantitative estimate of drug-likeness (QED) is 0.136. The molecule has 8 rings (SSSR count). The van der Waals surface area contributed by atoms with Gasteiger partial charge in [0.05, 0.1) is 30.4 Å². The van der Waals surface area contributed by atoms with E-state index >= 15 is 0 Å². The molecular formula is C35H32ClF2N7O3. The van der Waals surface area contributed by atoms with E-state index in [0.29, 0.717) is 29.6 Å². The van der Waals surface area contributed by atoms with Crippen LogP contribution in [0.3, 0.4) is 0 Å². The normalized spacial score (nSPS) is 23.1. The largest absolute Gasteiger partial charge is 0.465 e. The molecule has 1 fully saturated rings.